The average Bonchev–Trinajstić information content (AvgIpc) is 2.18. The van der Waals surface area contributed by atoms with Gasteiger partial charge < -0.3 is 4.74 Å². The highest BCUT2D eigenvalue weighted by atomic mass is 16.5. The molecule has 0 saturated heterocycles. The zero-order valence-electron chi connectivity index (χ0n) is 8.93. The molecular formula is C11H15NO3. The third-order valence-electron chi connectivity index (χ3n) is 1.90. The molecule has 0 heterocycles. The Labute approximate surface area is 89.0 Å². The Bertz CT molecular complexity index is 319. The molecule has 0 spiro atoms. The second-order valence-electron chi connectivity index (χ2n) is 3.24. The third-order valence-corrected chi connectivity index (χ3v) is 1.90. The SMILES string of the molecule is CCCC(=O)Oc1ccc(N(C)O)cc1. The van der Waals surface area contributed by atoms with Crippen LogP contribution >= 0.6 is 0 Å². The van der Waals surface area contributed by atoms with Crippen LogP contribution in [0.15, 0.2) is 24.3 Å². The molecule has 0 radical (unpaired) electrons. The van der Waals surface area contributed by atoms with Crippen molar-refractivity contribution in [3.05, 3.63) is 24.3 Å². The first-order valence-electron chi connectivity index (χ1n) is 4.87. The number of rotatable bonds is 4. The number of carbonyl (C=O) groups excluding carboxylic acids is 1. The number of benzene rings is 1. The van der Waals surface area contributed by atoms with Crippen molar-refractivity contribution >= 4 is 11.7 Å². The lowest BCUT2D eigenvalue weighted by atomic mass is 10.3. The first-order valence-corrected chi connectivity index (χ1v) is 4.87. The van der Waals surface area contributed by atoms with Gasteiger partial charge >= 0.3 is 5.97 Å². The van der Waals surface area contributed by atoms with Crippen molar-refractivity contribution in [1.82, 2.24) is 0 Å². The molecule has 0 unspecified atom stereocenters. The lowest BCUT2D eigenvalue weighted by molar-refractivity contribution is -0.134. The quantitative estimate of drug-likeness (QED) is 0.469. The summed E-state index contributed by atoms with van der Waals surface area (Å²) in [5, 5.41) is 10.1. The summed E-state index contributed by atoms with van der Waals surface area (Å²) in [5.74, 6) is 0.265. The summed E-state index contributed by atoms with van der Waals surface area (Å²) >= 11 is 0. The van der Waals surface area contributed by atoms with E-state index in [4.69, 9.17) is 9.94 Å². The molecule has 4 nitrogen and oxygen atoms in total. The standard InChI is InChI=1S/C11H15NO3/c1-3-4-11(13)15-10-7-5-9(6-8-10)12(2)14/h5-8,14H,3-4H2,1-2H3. The maximum Gasteiger partial charge on any atom is 0.311 e. The summed E-state index contributed by atoms with van der Waals surface area (Å²) in [5.41, 5.74) is 0.644. The topological polar surface area (TPSA) is 49.8 Å². The average molecular weight is 209 g/mol. The fourth-order valence-corrected chi connectivity index (χ4v) is 1.12. The molecule has 0 aliphatic heterocycles. The van der Waals surface area contributed by atoms with Crippen LogP contribution < -0.4 is 9.80 Å². The van der Waals surface area contributed by atoms with Gasteiger partial charge in [-0.1, -0.05) is 6.92 Å². The van der Waals surface area contributed by atoms with Crippen molar-refractivity contribution in [2.24, 2.45) is 0 Å². The zero-order chi connectivity index (χ0) is 11.3. The molecule has 0 bridgehead atoms. The lowest BCUT2D eigenvalue weighted by Crippen LogP contribution is -2.10. The van der Waals surface area contributed by atoms with Crippen LogP contribution in [0.4, 0.5) is 5.69 Å². The number of ether oxygens (including phenoxy) is 1. The Kier molecular flexibility index (Phi) is 4.12. The summed E-state index contributed by atoms with van der Waals surface area (Å²) in [6.07, 6.45) is 1.19. The largest absolute Gasteiger partial charge is 0.427 e. The van der Waals surface area contributed by atoms with Crippen molar-refractivity contribution in [3.63, 3.8) is 0 Å². The minimum atomic E-state index is -0.234. The number of esters is 1. The second kappa shape index (κ2) is 5.36. The van der Waals surface area contributed by atoms with Gasteiger partial charge in [-0.05, 0) is 30.7 Å². The highest BCUT2D eigenvalue weighted by molar-refractivity contribution is 5.72. The van der Waals surface area contributed by atoms with E-state index in [-0.39, 0.29) is 5.97 Å². The van der Waals surface area contributed by atoms with Crippen LogP contribution in [-0.4, -0.2) is 18.2 Å². The van der Waals surface area contributed by atoms with Crippen molar-refractivity contribution in [3.8, 4) is 5.75 Å². The molecule has 1 aromatic rings. The molecular weight excluding hydrogens is 194 g/mol. The highest BCUT2D eigenvalue weighted by Gasteiger charge is 2.03. The molecule has 0 amide bonds. The van der Waals surface area contributed by atoms with E-state index >= 15 is 0 Å². The van der Waals surface area contributed by atoms with E-state index in [0.29, 0.717) is 17.9 Å². The monoisotopic (exact) mass is 209 g/mol. The van der Waals surface area contributed by atoms with Gasteiger partial charge in [-0.3, -0.25) is 15.1 Å². The van der Waals surface area contributed by atoms with Gasteiger partial charge in [-0.25, -0.2) is 0 Å². The number of anilines is 1. The van der Waals surface area contributed by atoms with Crippen LogP contribution in [0.5, 0.6) is 5.75 Å². The van der Waals surface area contributed by atoms with Gasteiger partial charge in [0.1, 0.15) is 5.75 Å². The highest BCUT2D eigenvalue weighted by Crippen LogP contribution is 2.17. The van der Waals surface area contributed by atoms with Crippen LogP contribution in [0.25, 0.3) is 0 Å². The summed E-state index contributed by atoms with van der Waals surface area (Å²) in [4.78, 5) is 11.1. The van der Waals surface area contributed by atoms with Gasteiger partial charge in [0.2, 0.25) is 0 Å². The number of hydrogen-bond donors (Lipinski definition) is 1. The molecule has 0 fully saturated rings. The first kappa shape index (κ1) is 11.5. The minimum absolute atomic E-state index is 0.234. The Morgan fingerprint density at radius 1 is 1.40 bits per heavy atom. The number of carbonyl (C=O) groups is 1. The van der Waals surface area contributed by atoms with Gasteiger partial charge in [-0.15, -0.1) is 0 Å². The molecule has 0 saturated carbocycles. The molecule has 0 atom stereocenters. The maximum absolute atomic E-state index is 11.1. The molecule has 1 rings (SSSR count). The zero-order valence-corrected chi connectivity index (χ0v) is 8.93. The summed E-state index contributed by atoms with van der Waals surface area (Å²) in [6.45, 7) is 1.92. The summed E-state index contributed by atoms with van der Waals surface area (Å²) in [7, 11) is 1.53. The number of hydroxylamine groups is 1. The normalized spacial score (nSPS) is 9.80. The predicted molar refractivity (Wildman–Crippen MR) is 57.2 cm³/mol. The van der Waals surface area contributed by atoms with Gasteiger partial charge in [0.25, 0.3) is 0 Å². The third kappa shape index (κ3) is 3.59. The predicted octanol–water partition coefficient (Wildman–Crippen LogP) is 2.22. The Hall–Kier alpha value is -1.55. The Morgan fingerprint density at radius 3 is 2.47 bits per heavy atom. The van der Waals surface area contributed by atoms with Crippen LogP contribution in [0, 0.1) is 0 Å². The van der Waals surface area contributed by atoms with Crippen LogP contribution in [0.3, 0.4) is 0 Å². The number of hydrogen-bond acceptors (Lipinski definition) is 4. The van der Waals surface area contributed by atoms with Crippen LogP contribution in [-0.2, 0) is 4.79 Å². The van der Waals surface area contributed by atoms with Crippen molar-refractivity contribution in [1.29, 1.82) is 0 Å². The van der Waals surface area contributed by atoms with E-state index in [2.05, 4.69) is 0 Å². The van der Waals surface area contributed by atoms with E-state index in [0.717, 1.165) is 11.5 Å². The van der Waals surface area contributed by atoms with Crippen molar-refractivity contribution < 1.29 is 14.7 Å². The van der Waals surface area contributed by atoms with Gasteiger partial charge in [0, 0.05) is 13.5 Å². The fraction of sp³-hybridized carbons (Fsp3) is 0.364. The van der Waals surface area contributed by atoms with Crippen LogP contribution in [0.1, 0.15) is 19.8 Å². The second-order valence-corrected chi connectivity index (χ2v) is 3.24. The molecule has 15 heavy (non-hydrogen) atoms. The molecule has 82 valence electrons. The van der Waals surface area contributed by atoms with E-state index in [1.807, 2.05) is 6.92 Å². The lowest BCUT2D eigenvalue weighted by Gasteiger charge is -2.10. The van der Waals surface area contributed by atoms with Gasteiger partial charge in [0.15, 0.2) is 0 Å². The molecule has 0 aliphatic carbocycles. The van der Waals surface area contributed by atoms with E-state index in [9.17, 15) is 4.79 Å². The fourth-order valence-electron chi connectivity index (χ4n) is 1.12. The molecule has 1 aromatic carbocycles. The van der Waals surface area contributed by atoms with E-state index < -0.39 is 0 Å². The van der Waals surface area contributed by atoms with Gasteiger partial charge in [0.05, 0.1) is 5.69 Å². The van der Waals surface area contributed by atoms with Crippen molar-refractivity contribution in [2.75, 3.05) is 12.1 Å². The maximum atomic E-state index is 11.1. The first-order chi connectivity index (χ1) is 7.13. The Morgan fingerprint density at radius 2 is 2.00 bits per heavy atom. The molecule has 4 heteroatoms. The van der Waals surface area contributed by atoms with Gasteiger partial charge in [-0.2, -0.15) is 0 Å². The smallest absolute Gasteiger partial charge is 0.311 e. The molecule has 1 N–H and O–H groups in total. The van der Waals surface area contributed by atoms with Crippen molar-refractivity contribution in [2.45, 2.75) is 19.8 Å². The minimum Gasteiger partial charge on any atom is -0.427 e. The number of nitrogens with zero attached hydrogens (tertiary/aromatic N) is 1. The Balaban J connectivity index is 2.60. The van der Waals surface area contributed by atoms with Crippen LogP contribution in [0.2, 0.25) is 0 Å². The molecule has 0 aliphatic rings. The summed E-state index contributed by atoms with van der Waals surface area (Å²) in [6, 6.07) is 6.65. The summed E-state index contributed by atoms with van der Waals surface area (Å²) < 4.78 is 5.05. The van der Waals surface area contributed by atoms with E-state index in [1.165, 1.54) is 7.05 Å². The van der Waals surface area contributed by atoms with E-state index in [1.54, 1.807) is 24.3 Å². The molecule has 0 aromatic heterocycles.